The van der Waals surface area contributed by atoms with Gasteiger partial charge in [0.1, 0.15) is 29.7 Å². The summed E-state index contributed by atoms with van der Waals surface area (Å²) >= 11 is 0. The Labute approximate surface area is 138 Å². The van der Waals surface area contributed by atoms with Crippen LogP contribution in [0.25, 0.3) is 0 Å². The van der Waals surface area contributed by atoms with Gasteiger partial charge < -0.3 is 10.2 Å². The molecule has 1 fully saturated rings. The van der Waals surface area contributed by atoms with Crippen molar-refractivity contribution in [1.82, 2.24) is 0 Å². The Morgan fingerprint density at radius 3 is 2.25 bits per heavy atom. The number of halogens is 3. The van der Waals surface area contributed by atoms with E-state index >= 15 is 0 Å². The van der Waals surface area contributed by atoms with Gasteiger partial charge in [-0.1, -0.05) is 18.2 Å². The normalized spacial score (nSPS) is 15.1. The van der Waals surface area contributed by atoms with Crippen LogP contribution in [0.2, 0.25) is 0 Å². The van der Waals surface area contributed by atoms with Crippen molar-refractivity contribution in [3.8, 4) is 0 Å². The highest BCUT2D eigenvalue weighted by molar-refractivity contribution is 5.91. The summed E-state index contributed by atoms with van der Waals surface area (Å²) in [7, 11) is 0. The summed E-state index contributed by atoms with van der Waals surface area (Å²) in [5.41, 5.74) is 0.502. The smallest absolute Gasteiger partial charge is 0.279 e. The Balaban J connectivity index is 1.65. The minimum Gasteiger partial charge on any atom is -0.321 e. The third-order valence-corrected chi connectivity index (χ3v) is 4.11. The van der Waals surface area contributed by atoms with Gasteiger partial charge >= 0.3 is 0 Å². The third-order valence-electron chi connectivity index (χ3n) is 4.11. The summed E-state index contributed by atoms with van der Waals surface area (Å²) in [6.07, 6.45) is 2.02. The molecule has 1 aliphatic rings. The lowest BCUT2D eigenvalue weighted by Gasteiger charge is -2.19. The number of anilines is 1. The van der Waals surface area contributed by atoms with Gasteiger partial charge in [0.05, 0.1) is 6.04 Å². The van der Waals surface area contributed by atoms with Crippen LogP contribution >= 0.6 is 0 Å². The fraction of sp³-hybridized carbons (Fsp3) is 0.278. The molecule has 0 aliphatic heterocycles. The first-order chi connectivity index (χ1) is 11.5. The Kier molecular flexibility index (Phi) is 4.85. The fourth-order valence-corrected chi connectivity index (χ4v) is 2.71. The van der Waals surface area contributed by atoms with Crippen LogP contribution in [0.1, 0.15) is 18.4 Å². The second kappa shape index (κ2) is 7.05. The fourth-order valence-electron chi connectivity index (χ4n) is 2.71. The van der Waals surface area contributed by atoms with E-state index in [2.05, 4.69) is 5.32 Å². The van der Waals surface area contributed by atoms with Crippen LogP contribution in [0.3, 0.4) is 0 Å². The Morgan fingerprint density at radius 1 is 1.04 bits per heavy atom. The van der Waals surface area contributed by atoms with Crippen molar-refractivity contribution in [1.29, 1.82) is 0 Å². The molecule has 2 N–H and O–H groups in total. The monoisotopic (exact) mass is 335 g/mol. The topological polar surface area (TPSA) is 33.5 Å². The molecule has 24 heavy (non-hydrogen) atoms. The van der Waals surface area contributed by atoms with Crippen molar-refractivity contribution < 1.29 is 22.9 Å². The first kappa shape index (κ1) is 16.5. The maximum absolute atomic E-state index is 13.6. The lowest BCUT2D eigenvalue weighted by Crippen LogP contribution is -3.13. The predicted molar refractivity (Wildman–Crippen MR) is 83.9 cm³/mol. The van der Waals surface area contributed by atoms with E-state index in [1.807, 2.05) is 0 Å². The van der Waals surface area contributed by atoms with Gasteiger partial charge in [-0.15, -0.1) is 0 Å². The van der Waals surface area contributed by atoms with Crippen molar-refractivity contribution in [2.24, 2.45) is 0 Å². The maximum atomic E-state index is 13.6. The Morgan fingerprint density at radius 2 is 1.67 bits per heavy atom. The third kappa shape index (κ3) is 4.14. The minimum absolute atomic E-state index is 0.107. The van der Waals surface area contributed by atoms with E-state index in [9.17, 15) is 18.0 Å². The molecule has 2 aromatic rings. The number of carbonyl (C=O) groups excluding carboxylic acids is 1. The molecule has 0 radical (unpaired) electrons. The van der Waals surface area contributed by atoms with Gasteiger partial charge in [0.15, 0.2) is 6.54 Å². The number of hydrogen-bond acceptors (Lipinski definition) is 1. The van der Waals surface area contributed by atoms with Crippen LogP contribution in [0.4, 0.5) is 18.9 Å². The number of nitrogens with one attached hydrogen (secondary N) is 2. The summed E-state index contributed by atoms with van der Waals surface area (Å²) in [6, 6.07) is 9.94. The Hall–Kier alpha value is -2.34. The van der Waals surface area contributed by atoms with Gasteiger partial charge in [-0.05, 0) is 24.3 Å². The summed E-state index contributed by atoms with van der Waals surface area (Å²) in [5.74, 6) is -2.34. The average molecular weight is 335 g/mol. The zero-order valence-electron chi connectivity index (χ0n) is 13.0. The molecule has 1 saturated carbocycles. The molecule has 0 spiro atoms. The Bertz CT molecular complexity index is 709. The lowest BCUT2D eigenvalue weighted by atomic mass is 10.2. The van der Waals surface area contributed by atoms with E-state index in [-0.39, 0.29) is 12.4 Å². The number of benzene rings is 2. The molecule has 1 unspecified atom stereocenters. The van der Waals surface area contributed by atoms with Gasteiger partial charge in [-0.2, -0.15) is 0 Å². The number of quaternary nitrogens is 1. The number of hydrogen-bond donors (Lipinski definition) is 2. The summed E-state index contributed by atoms with van der Waals surface area (Å²) < 4.78 is 40.2. The number of para-hydroxylation sites is 1. The first-order valence-corrected chi connectivity index (χ1v) is 7.86. The van der Waals surface area contributed by atoms with E-state index in [0.717, 1.165) is 35.4 Å². The lowest BCUT2D eigenvalue weighted by molar-refractivity contribution is -0.916. The molecule has 3 nitrogen and oxygen atoms in total. The second-order valence-corrected chi connectivity index (χ2v) is 6.06. The highest BCUT2D eigenvalue weighted by Gasteiger charge is 2.34. The van der Waals surface area contributed by atoms with Crippen molar-refractivity contribution in [3.63, 3.8) is 0 Å². The van der Waals surface area contributed by atoms with Crippen molar-refractivity contribution in [2.45, 2.75) is 25.4 Å². The SMILES string of the molecule is O=C(C[NH+](Cc1ccc(F)cc1)C1CC1)Nc1c(F)cccc1F. The molecule has 1 aliphatic carbocycles. The molecule has 0 aromatic heterocycles. The summed E-state index contributed by atoms with van der Waals surface area (Å²) in [5, 5.41) is 2.32. The van der Waals surface area contributed by atoms with E-state index in [4.69, 9.17) is 0 Å². The van der Waals surface area contributed by atoms with Gasteiger partial charge in [0, 0.05) is 18.4 Å². The van der Waals surface area contributed by atoms with Crippen molar-refractivity contribution in [2.75, 3.05) is 11.9 Å². The second-order valence-electron chi connectivity index (χ2n) is 6.06. The first-order valence-electron chi connectivity index (χ1n) is 7.86. The van der Waals surface area contributed by atoms with Crippen LogP contribution in [0.15, 0.2) is 42.5 Å². The highest BCUT2D eigenvalue weighted by atomic mass is 19.1. The van der Waals surface area contributed by atoms with Crippen LogP contribution < -0.4 is 10.2 Å². The molecule has 3 rings (SSSR count). The van der Waals surface area contributed by atoms with Crippen molar-refractivity contribution >= 4 is 11.6 Å². The number of carbonyl (C=O) groups is 1. The molecule has 6 heteroatoms. The van der Waals surface area contributed by atoms with E-state index in [0.29, 0.717) is 12.6 Å². The maximum Gasteiger partial charge on any atom is 0.279 e. The van der Waals surface area contributed by atoms with Gasteiger partial charge in [-0.25, -0.2) is 13.2 Å². The number of amides is 1. The minimum atomic E-state index is -0.796. The molecular weight excluding hydrogens is 317 g/mol. The van der Waals surface area contributed by atoms with Crippen molar-refractivity contribution in [3.05, 3.63) is 65.5 Å². The zero-order chi connectivity index (χ0) is 17.1. The number of rotatable bonds is 6. The quantitative estimate of drug-likeness (QED) is 0.834. The molecule has 0 saturated heterocycles. The van der Waals surface area contributed by atoms with E-state index < -0.39 is 23.2 Å². The van der Waals surface area contributed by atoms with Crippen LogP contribution in [0.5, 0.6) is 0 Å². The molecule has 126 valence electrons. The summed E-state index contributed by atoms with van der Waals surface area (Å²) in [6.45, 7) is 0.675. The zero-order valence-corrected chi connectivity index (χ0v) is 13.0. The van der Waals surface area contributed by atoms with Crippen LogP contribution in [-0.4, -0.2) is 18.5 Å². The molecule has 0 heterocycles. The van der Waals surface area contributed by atoms with Crippen LogP contribution in [-0.2, 0) is 11.3 Å². The van der Waals surface area contributed by atoms with E-state index in [1.54, 1.807) is 12.1 Å². The highest BCUT2D eigenvalue weighted by Crippen LogP contribution is 2.18. The average Bonchev–Trinajstić information content (AvgIpc) is 3.37. The largest absolute Gasteiger partial charge is 0.321 e. The predicted octanol–water partition coefficient (Wildman–Crippen LogP) is 2.29. The molecule has 1 atom stereocenters. The molecule has 2 aromatic carbocycles. The molecule has 0 bridgehead atoms. The van der Waals surface area contributed by atoms with Gasteiger partial charge in [-0.3, -0.25) is 4.79 Å². The standard InChI is InChI=1S/C18H17F3N2O/c19-13-6-4-12(5-7-13)10-23(14-8-9-14)11-17(24)22-18-15(20)2-1-3-16(18)21/h1-7,14H,8-11H2,(H,22,24)/p+1. The summed E-state index contributed by atoms with van der Waals surface area (Å²) in [4.78, 5) is 13.2. The van der Waals surface area contributed by atoms with Gasteiger partial charge in [0.2, 0.25) is 0 Å². The molecular formula is C18H18F3N2O+. The van der Waals surface area contributed by atoms with Crippen LogP contribution in [0, 0.1) is 17.5 Å². The van der Waals surface area contributed by atoms with E-state index in [1.165, 1.54) is 18.2 Å². The molecule has 1 amide bonds. The van der Waals surface area contributed by atoms with Gasteiger partial charge in [0.25, 0.3) is 5.91 Å².